The summed E-state index contributed by atoms with van der Waals surface area (Å²) < 4.78 is 28.0. The van der Waals surface area contributed by atoms with Crippen LogP contribution in [0.25, 0.3) is 11.0 Å². The Bertz CT molecular complexity index is 833. The second-order valence-electron chi connectivity index (χ2n) is 4.22. The number of nitriles is 1. The van der Waals surface area contributed by atoms with Gasteiger partial charge < -0.3 is 0 Å². The van der Waals surface area contributed by atoms with E-state index in [1.165, 1.54) is 12.1 Å². The third-order valence-electron chi connectivity index (χ3n) is 2.99. The Hall–Kier alpha value is -2.81. The predicted octanol–water partition coefficient (Wildman–Crippen LogP) is 2.63. The first-order chi connectivity index (χ1) is 9.70. The molecule has 0 aliphatic carbocycles. The van der Waals surface area contributed by atoms with Crippen molar-refractivity contribution in [1.82, 2.24) is 14.8 Å². The summed E-state index contributed by atoms with van der Waals surface area (Å²) in [7, 11) is 0. The van der Waals surface area contributed by atoms with E-state index in [1.807, 2.05) is 6.19 Å². The van der Waals surface area contributed by atoms with Gasteiger partial charge >= 0.3 is 0 Å². The minimum atomic E-state index is -0.903. The first-order valence-corrected chi connectivity index (χ1v) is 5.86. The average Bonchev–Trinajstić information content (AvgIpc) is 2.82. The summed E-state index contributed by atoms with van der Waals surface area (Å²) in [6.07, 6.45) is 3.54. The van der Waals surface area contributed by atoms with Crippen LogP contribution in [0.1, 0.15) is 11.3 Å². The van der Waals surface area contributed by atoms with Crippen molar-refractivity contribution in [1.29, 1.82) is 5.26 Å². The van der Waals surface area contributed by atoms with Crippen molar-refractivity contribution in [2.24, 2.45) is 0 Å². The van der Waals surface area contributed by atoms with E-state index in [-0.39, 0.29) is 12.0 Å². The van der Waals surface area contributed by atoms with Crippen LogP contribution < -0.4 is 0 Å². The molecule has 0 bridgehead atoms. The molecular weight excluding hydrogens is 262 g/mol. The fraction of sp³-hybridized carbons (Fsp3) is 0.0714. The standard InChI is InChI=1S/C14H8F2N4/c15-10-4-1-3-9(13(10)16)7-11-14-12(5-2-6-18-14)20(8-17)19-11/h1-6H,7H2. The largest absolute Gasteiger partial charge is 0.253 e. The number of pyridine rings is 1. The quantitative estimate of drug-likeness (QED) is 0.719. The number of hydrogen-bond donors (Lipinski definition) is 0. The normalized spacial score (nSPS) is 10.7. The summed E-state index contributed by atoms with van der Waals surface area (Å²) in [5.41, 5.74) is 1.67. The van der Waals surface area contributed by atoms with E-state index in [0.717, 1.165) is 10.7 Å². The number of aromatic nitrogens is 3. The minimum Gasteiger partial charge on any atom is -0.253 e. The van der Waals surface area contributed by atoms with E-state index in [2.05, 4.69) is 10.1 Å². The fourth-order valence-electron chi connectivity index (χ4n) is 2.07. The van der Waals surface area contributed by atoms with E-state index < -0.39 is 11.6 Å². The van der Waals surface area contributed by atoms with Crippen molar-refractivity contribution in [3.05, 3.63) is 59.4 Å². The van der Waals surface area contributed by atoms with Gasteiger partial charge in [-0.05, 0) is 23.8 Å². The smallest absolute Gasteiger partial charge is 0.207 e. The van der Waals surface area contributed by atoms with Crippen molar-refractivity contribution in [3.63, 3.8) is 0 Å². The first kappa shape index (κ1) is 12.2. The molecule has 0 saturated carbocycles. The minimum absolute atomic E-state index is 0.0752. The van der Waals surface area contributed by atoms with E-state index in [0.29, 0.717) is 16.7 Å². The number of hydrogen-bond acceptors (Lipinski definition) is 3. The molecule has 0 unspecified atom stereocenters. The predicted molar refractivity (Wildman–Crippen MR) is 67.7 cm³/mol. The fourth-order valence-corrected chi connectivity index (χ4v) is 2.07. The van der Waals surface area contributed by atoms with Crippen molar-refractivity contribution >= 4 is 11.0 Å². The molecular formula is C14H8F2N4. The third-order valence-corrected chi connectivity index (χ3v) is 2.99. The van der Waals surface area contributed by atoms with Gasteiger partial charge in [-0.15, -0.1) is 0 Å². The summed E-state index contributed by atoms with van der Waals surface area (Å²) in [6.45, 7) is 0. The molecule has 2 heterocycles. The number of rotatable bonds is 2. The van der Waals surface area contributed by atoms with Gasteiger partial charge in [0, 0.05) is 12.6 Å². The zero-order chi connectivity index (χ0) is 14.1. The van der Waals surface area contributed by atoms with Crippen molar-refractivity contribution in [2.45, 2.75) is 6.42 Å². The van der Waals surface area contributed by atoms with Crippen LogP contribution in [-0.2, 0) is 6.42 Å². The Morgan fingerprint density at radius 2 is 2.05 bits per heavy atom. The maximum atomic E-state index is 13.7. The van der Waals surface area contributed by atoms with Gasteiger partial charge in [-0.2, -0.15) is 15.0 Å². The van der Waals surface area contributed by atoms with Crippen molar-refractivity contribution in [3.8, 4) is 6.19 Å². The maximum absolute atomic E-state index is 13.7. The highest BCUT2D eigenvalue weighted by molar-refractivity contribution is 5.78. The summed E-state index contributed by atoms with van der Waals surface area (Å²) in [5, 5.41) is 13.1. The molecule has 0 saturated heterocycles. The molecule has 0 aliphatic heterocycles. The molecule has 0 fully saturated rings. The first-order valence-electron chi connectivity index (χ1n) is 5.86. The molecule has 98 valence electrons. The van der Waals surface area contributed by atoms with Crippen LogP contribution >= 0.6 is 0 Å². The molecule has 0 spiro atoms. The molecule has 0 radical (unpaired) electrons. The molecule has 3 aromatic rings. The van der Waals surface area contributed by atoms with Gasteiger partial charge in [-0.25, -0.2) is 8.78 Å². The SMILES string of the molecule is N#Cn1nc(Cc2cccc(F)c2F)c2ncccc21. The summed E-state index contributed by atoms with van der Waals surface area (Å²) in [6, 6.07) is 7.36. The van der Waals surface area contributed by atoms with E-state index in [1.54, 1.807) is 18.3 Å². The van der Waals surface area contributed by atoms with Crippen LogP contribution in [0.4, 0.5) is 8.78 Å². The van der Waals surface area contributed by atoms with Gasteiger partial charge in [-0.3, -0.25) is 4.98 Å². The highest BCUT2D eigenvalue weighted by Gasteiger charge is 2.15. The van der Waals surface area contributed by atoms with Gasteiger partial charge in [0.15, 0.2) is 11.6 Å². The van der Waals surface area contributed by atoms with Gasteiger partial charge in [0.2, 0.25) is 6.19 Å². The molecule has 0 aliphatic rings. The second-order valence-corrected chi connectivity index (χ2v) is 4.22. The highest BCUT2D eigenvalue weighted by atomic mass is 19.2. The lowest BCUT2D eigenvalue weighted by molar-refractivity contribution is 0.500. The number of nitrogens with zero attached hydrogens (tertiary/aromatic N) is 4. The maximum Gasteiger partial charge on any atom is 0.207 e. The third kappa shape index (κ3) is 1.89. The van der Waals surface area contributed by atoms with E-state index >= 15 is 0 Å². The Kier molecular flexibility index (Phi) is 2.88. The Labute approximate surface area is 112 Å². The Balaban J connectivity index is 2.12. The molecule has 20 heavy (non-hydrogen) atoms. The topological polar surface area (TPSA) is 54.5 Å². The lowest BCUT2D eigenvalue weighted by Gasteiger charge is -2.01. The van der Waals surface area contributed by atoms with E-state index in [9.17, 15) is 8.78 Å². The molecule has 2 aromatic heterocycles. The van der Waals surface area contributed by atoms with Crippen molar-refractivity contribution in [2.75, 3.05) is 0 Å². The van der Waals surface area contributed by atoms with E-state index in [4.69, 9.17) is 5.26 Å². The zero-order valence-corrected chi connectivity index (χ0v) is 10.2. The van der Waals surface area contributed by atoms with Crippen LogP contribution in [0.15, 0.2) is 36.5 Å². The lowest BCUT2D eigenvalue weighted by Crippen LogP contribution is -1.98. The van der Waals surface area contributed by atoms with Gasteiger partial charge in [0.25, 0.3) is 0 Å². The highest BCUT2D eigenvalue weighted by Crippen LogP contribution is 2.20. The van der Waals surface area contributed by atoms with Crippen LogP contribution in [0.5, 0.6) is 0 Å². The Morgan fingerprint density at radius 1 is 1.20 bits per heavy atom. The molecule has 6 heteroatoms. The molecule has 0 amide bonds. The van der Waals surface area contributed by atoms with Gasteiger partial charge in [-0.1, -0.05) is 12.1 Å². The molecule has 0 N–H and O–H groups in total. The van der Waals surface area contributed by atoms with Crippen LogP contribution in [0.2, 0.25) is 0 Å². The van der Waals surface area contributed by atoms with Crippen molar-refractivity contribution < 1.29 is 8.78 Å². The monoisotopic (exact) mass is 270 g/mol. The van der Waals surface area contributed by atoms with Crippen LogP contribution in [-0.4, -0.2) is 14.8 Å². The summed E-state index contributed by atoms with van der Waals surface area (Å²) >= 11 is 0. The number of fused-ring (bicyclic) bond motifs is 1. The average molecular weight is 270 g/mol. The molecule has 1 aromatic carbocycles. The zero-order valence-electron chi connectivity index (χ0n) is 10.2. The van der Waals surface area contributed by atoms with Crippen LogP contribution in [0.3, 0.4) is 0 Å². The van der Waals surface area contributed by atoms with Crippen LogP contribution in [0, 0.1) is 23.1 Å². The lowest BCUT2D eigenvalue weighted by atomic mass is 10.1. The Morgan fingerprint density at radius 3 is 2.85 bits per heavy atom. The molecule has 0 atom stereocenters. The summed E-state index contributed by atoms with van der Waals surface area (Å²) in [4.78, 5) is 4.15. The number of benzene rings is 1. The van der Waals surface area contributed by atoms with Gasteiger partial charge in [0.05, 0.1) is 5.69 Å². The molecule has 4 nitrogen and oxygen atoms in total. The molecule has 3 rings (SSSR count). The number of halogens is 2. The second kappa shape index (κ2) is 4.70. The van der Waals surface area contributed by atoms with Gasteiger partial charge in [0.1, 0.15) is 11.0 Å². The summed E-state index contributed by atoms with van der Waals surface area (Å²) in [5.74, 6) is -1.80.